The van der Waals surface area contributed by atoms with Crippen LogP contribution in [0.1, 0.15) is 5.56 Å². The SMILES string of the molecule is COC(O)=CN=Cc1ccccc1. The normalized spacial score (nSPS) is 11.9. The number of aliphatic hydroxyl groups excluding tert-OH is 1. The Morgan fingerprint density at radius 1 is 1.38 bits per heavy atom. The molecule has 1 aromatic carbocycles. The van der Waals surface area contributed by atoms with Gasteiger partial charge in [0.05, 0.1) is 7.11 Å². The van der Waals surface area contributed by atoms with Crippen molar-refractivity contribution in [2.45, 2.75) is 0 Å². The van der Waals surface area contributed by atoms with Crippen molar-refractivity contribution < 1.29 is 9.84 Å². The molecule has 1 rings (SSSR count). The van der Waals surface area contributed by atoms with Crippen LogP contribution in [0.25, 0.3) is 0 Å². The fourth-order valence-corrected chi connectivity index (χ4v) is 0.779. The molecule has 0 atom stereocenters. The highest BCUT2D eigenvalue weighted by atomic mass is 16.6. The van der Waals surface area contributed by atoms with Gasteiger partial charge < -0.3 is 9.84 Å². The summed E-state index contributed by atoms with van der Waals surface area (Å²) >= 11 is 0. The monoisotopic (exact) mass is 177 g/mol. The van der Waals surface area contributed by atoms with E-state index < -0.39 is 0 Å². The number of aliphatic hydroxyl groups is 1. The Kier molecular flexibility index (Phi) is 3.57. The van der Waals surface area contributed by atoms with Crippen LogP contribution in [0.3, 0.4) is 0 Å². The van der Waals surface area contributed by atoms with Gasteiger partial charge in [-0.2, -0.15) is 0 Å². The van der Waals surface area contributed by atoms with Crippen LogP contribution in [0.15, 0.2) is 47.5 Å². The van der Waals surface area contributed by atoms with Crippen LogP contribution in [0.4, 0.5) is 0 Å². The average molecular weight is 177 g/mol. The molecule has 1 N–H and O–H groups in total. The molecule has 0 aliphatic rings. The highest BCUT2D eigenvalue weighted by Gasteiger charge is 1.84. The quantitative estimate of drug-likeness (QED) is 0.567. The van der Waals surface area contributed by atoms with Crippen LogP contribution < -0.4 is 0 Å². The minimum absolute atomic E-state index is 0.202. The van der Waals surface area contributed by atoms with Crippen molar-refractivity contribution in [3.63, 3.8) is 0 Å². The minimum Gasteiger partial charge on any atom is -0.480 e. The zero-order valence-corrected chi connectivity index (χ0v) is 7.34. The van der Waals surface area contributed by atoms with E-state index in [1.54, 1.807) is 6.21 Å². The summed E-state index contributed by atoms with van der Waals surface area (Å²) in [6, 6.07) is 9.60. The second kappa shape index (κ2) is 4.98. The van der Waals surface area contributed by atoms with Crippen LogP contribution in [-0.4, -0.2) is 18.4 Å². The Balaban J connectivity index is 2.60. The van der Waals surface area contributed by atoms with Gasteiger partial charge in [-0.25, -0.2) is 0 Å². The number of hydrogen-bond acceptors (Lipinski definition) is 3. The van der Waals surface area contributed by atoms with Crippen molar-refractivity contribution >= 4 is 6.21 Å². The lowest BCUT2D eigenvalue weighted by Crippen LogP contribution is -1.82. The van der Waals surface area contributed by atoms with Crippen molar-refractivity contribution in [3.05, 3.63) is 48.0 Å². The van der Waals surface area contributed by atoms with E-state index in [4.69, 9.17) is 5.11 Å². The molecule has 13 heavy (non-hydrogen) atoms. The van der Waals surface area contributed by atoms with Gasteiger partial charge in [0.1, 0.15) is 6.20 Å². The molecule has 0 aromatic heterocycles. The van der Waals surface area contributed by atoms with Gasteiger partial charge in [-0.15, -0.1) is 0 Å². The lowest BCUT2D eigenvalue weighted by molar-refractivity contribution is 0.135. The molecule has 0 bridgehead atoms. The van der Waals surface area contributed by atoms with Gasteiger partial charge in [0.25, 0.3) is 5.95 Å². The van der Waals surface area contributed by atoms with Crippen molar-refractivity contribution in [3.8, 4) is 0 Å². The van der Waals surface area contributed by atoms with Crippen LogP contribution in [-0.2, 0) is 4.74 Å². The summed E-state index contributed by atoms with van der Waals surface area (Å²) in [7, 11) is 1.38. The van der Waals surface area contributed by atoms with Gasteiger partial charge in [0.15, 0.2) is 0 Å². The van der Waals surface area contributed by atoms with E-state index in [2.05, 4.69) is 9.73 Å². The molecule has 0 amide bonds. The van der Waals surface area contributed by atoms with E-state index in [1.165, 1.54) is 13.3 Å². The molecule has 0 unspecified atom stereocenters. The molecule has 0 spiro atoms. The fraction of sp³-hybridized carbons (Fsp3) is 0.100. The summed E-state index contributed by atoms with van der Waals surface area (Å²) < 4.78 is 4.49. The van der Waals surface area contributed by atoms with E-state index in [9.17, 15) is 0 Å². The van der Waals surface area contributed by atoms with Crippen molar-refractivity contribution in [2.24, 2.45) is 4.99 Å². The molecule has 0 radical (unpaired) electrons. The summed E-state index contributed by atoms with van der Waals surface area (Å²) in [5.41, 5.74) is 0.975. The topological polar surface area (TPSA) is 41.8 Å². The summed E-state index contributed by atoms with van der Waals surface area (Å²) in [6.07, 6.45) is 2.88. The predicted octanol–water partition coefficient (Wildman–Crippen LogP) is 2.11. The van der Waals surface area contributed by atoms with Gasteiger partial charge >= 0.3 is 0 Å². The Bertz CT molecular complexity index is 304. The molecule has 0 aliphatic heterocycles. The molecule has 0 saturated carbocycles. The van der Waals surface area contributed by atoms with Gasteiger partial charge in [0.2, 0.25) is 0 Å². The number of ether oxygens (including phenoxy) is 1. The Hall–Kier alpha value is -1.77. The third-order valence-electron chi connectivity index (χ3n) is 1.42. The van der Waals surface area contributed by atoms with Gasteiger partial charge in [-0.1, -0.05) is 30.3 Å². The Morgan fingerprint density at radius 3 is 2.69 bits per heavy atom. The van der Waals surface area contributed by atoms with Crippen molar-refractivity contribution in [2.75, 3.05) is 7.11 Å². The first-order valence-corrected chi connectivity index (χ1v) is 3.84. The smallest absolute Gasteiger partial charge is 0.295 e. The second-order valence-electron chi connectivity index (χ2n) is 2.36. The van der Waals surface area contributed by atoms with E-state index in [0.29, 0.717) is 0 Å². The van der Waals surface area contributed by atoms with Gasteiger partial charge in [-0.3, -0.25) is 4.99 Å². The lowest BCUT2D eigenvalue weighted by Gasteiger charge is -1.92. The molecule has 0 heterocycles. The van der Waals surface area contributed by atoms with Gasteiger partial charge in [-0.05, 0) is 5.56 Å². The Labute approximate surface area is 77.0 Å². The maximum absolute atomic E-state index is 8.86. The molecule has 68 valence electrons. The van der Waals surface area contributed by atoms with Crippen molar-refractivity contribution in [1.29, 1.82) is 0 Å². The first kappa shape index (κ1) is 9.32. The molecule has 0 aliphatic carbocycles. The van der Waals surface area contributed by atoms with Crippen molar-refractivity contribution in [1.82, 2.24) is 0 Å². The lowest BCUT2D eigenvalue weighted by atomic mass is 10.2. The summed E-state index contributed by atoms with van der Waals surface area (Å²) in [5, 5.41) is 8.86. The largest absolute Gasteiger partial charge is 0.480 e. The summed E-state index contributed by atoms with van der Waals surface area (Å²) in [6.45, 7) is 0. The molecular weight excluding hydrogens is 166 g/mol. The number of benzene rings is 1. The standard InChI is InChI=1S/C10H11NO2/c1-13-10(12)8-11-7-9-5-3-2-4-6-9/h2-8,12H,1H3. The number of rotatable bonds is 3. The maximum Gasteiger partial charge on any atom is 0.295 e. The molecule has 0 fully saturated rings. The van der Waals surface area contributed by atoms with Crippen LogP contribution in [0, 0.1) is 0 Å². The van der Waals surface area contributed by atoms with Gasteiger partial charge in [0, 0.05) is 6.21 Å². The third kappa shape index (κ3) is 3.42. The molecule has 1 aromatic rings. The number of nitrogens with zero attached hydrogens (tertiary/aromatic N) is 1. The zero-order valence-electron chi connectivity index (χ0n) is 7.34. The van der Waals surface area contributed by atoms with Crippen LogP contribution in [0.5, 0.6) is 0 Å². The highest BCUT2D eigenvalue weighted by Crippen LogP contribution is 1.95. The average Bonchev–Trinajstić information content (AvgIpc) is 2.19. The number of methoxy groups -OCH3 is 1. The highest BCUT2D eigenvalue weighted by molar-refractivity contribution is 5.79. The zero-order chi connectivity index (χ0) is 9.52. The first-order chi connectivity index (χ1) is 6.33. The molecular formula is C10H11NO2. The van der Waals surface area contributed by atoms with Crippen LogP contribution >= 0.6 is 0 Å². The van der Waals surface area contributed by atoms with E-state index >= 15 is 0 Å². The first-order valence-electron chi connectivity index (χ1n) is 3.84. The number of aliphatic imine (C=N–C) groups is 1. The predicted molar refractivity (Wildman–Crippen MR) is 51.8 cm³/mol. The summed E-state index contributed by atoms with van der Waals surface area (Å²) in [4.78, 5) is 3.85. The maximum atomic E-state index is 8.86. The minimum atomic E-state index is -0.202. The molecule has 3 nitrogen and oxygen atoms in total. The van der Waals surface area contributed by atoms with E-state index in [-0.39, 0.29) is 5.95 Å². The molecule has 3 heteroatoms. The Morgan fingerprint density at radius 2 is 2.08 bits per heavy atom. The summed E-state index contributed by atoms with van der Waals surface area (Å²) in [5.74, 6) is -0.202. The molecule has 0 saturated heterocycles. The van der Waals surface area contributed by atoms with E-state index in [0.717, 1.165) is 5.56 Å². The fourth-order valence-electron chi connectivity index (χ4n) is 0.779. The van der Waals surface area contributed by atoms with E-state index in [1.807, 2.05) is 30.3 Å². The number of hydrogen-bond donors (Lipinski definition) is 1. The second-order valence-corrected chi connectivity index (χ2v) is 2.36. The van der Waals surface area contributed by atoms with Crippen LogP contribution in [0.2, 0.25) is 0 Å². The third-order valence-corrected chi connectivity index (χ3v) is 1.42.